The van der Waals surface area contributed by atoms with Gasteiger partial charge in [0.15, 0.2) is 0 Å². The number of pyridine rings is 1. The van der Waals surface area contributed by atoms with Gasteiger partial charge >= 0.3 is 0 Å². The van der Waals surface area contributed by atoms with Gasteiger partial charge < -0.3 is 26.6 Å². The van der Waals surface area contributed by atoms with Crippen LogP contribution in [-0.2, 0) is 16.0 Å². The standard InChI is InChI=1S/C36H46N10O3/c1-23-19-31(35(48)38-17-4-18-46(2)3)39-22-30(23)26-9-5-24(6-10-26)20-32(41-34(47)28-11-7-25(21-37)8-12-28)36(49)40-29-15-13-27(14-16-29)33-42-44-45-43-33/h5-6,9-10,13-16,19,22,25,28,32H,4,7-8,11-12,17-18,20-21,37H2,1-3H3,(H,38,48)(H,40,49)(H,41,47)(H,42,43,44,45). The number of carbonyl (C=O) groups excluding carboxylic acids is 3. The number of nitrogens with two attached hydrogens (primary N) is 1. The predicted octanol–water partition coefficient (Wildman–Crippen LogP) is 3.35. The predicted molar refractivity (Wildman–Crippen MR) is 188 cm³/mol. The maximum absolute atomic E-state index is 13.7. The van der Waals surface area contributed by atoms with Gasteiger partial charge in [-0.1, -0.05) is 24.3 Å². The molecule has 4 aromatic rings. The van der Waals surface area contributed by atoms with Crippen LogP contribution < -0.4 is 21.7 Å². The molecule has 2 aromatic carbocycles. The number of rotatable bonds is 14. The lowest BCUT2D eigenvalue weighted by atomic mass is 9.81. The van der Waals surface area contributed by atoms with E-state index in [9.17, 15) is 14.4 Å². The zero-order chi connectivity index (χ0) is 34.8. The van der Waals surface area contributed by atoms with E-state index in [0.717, 1.165) is 66.5 Å². The molecule has 2 aromatic heterocycles. The van der Waals surface area contributed by atoms with Gasteiger partial charge in [0.25, 0.3) is 5.91 Å². The maximum Gasteiger partial charge on any atom is 0.269 e. The Kier molecular flexibility index (Phi) is 12.2. The topological polar surface area (TPSA) is 184 Å². The van der Waals surface area contributed by atoms with E-state index in [1.165, 1.54) is 0 Å². The SMILES string of the molecule is Cc1cc(C(=O)NCCCN(C)C)ncc1-c1ccc(CC(NC(=O)C2CCC(CN)CC2)C(=O)Nc2ccc(-c3nn[nH]n3)cc2)cc1. The molecule has 0 spiro atoms. The molecule has 1 saturated carbocycles. The molecule has 0 bridgehead atoms. The average Bonchev–Trinajstić information content (AvgIpc) is 3.66. The first kappa shape index (κ1) is 35.3. The van der Waals surface area contributed by atoms with Crippen LogP contribution in [0.15, 0.2) is 60.8 Å². The van der Waals surface area contributed by atoms with E-state index in [1.807, 2.05) is 45.3 Å². The average molecular weight is 667 g/mol. The Bertz CT molecular complexity index is 1680. The molecule has 5 rings (SSSR count). The summed E-state index contributed by atoms with van der Waals surface area (Å²) in [6.07, 6.45) is 6.24. The van der Waals surface area contributed by atoms with Crippen molar-refractivity contribution in [3.05, 3.63) is 77.6 Å². The zero-order valence-corrected chi connectivity index (χ0v) is 28.4. The molecule has 0 radical (unpaired) electrons. The Balaban J connectivity index is 1.26. The number of anilines is 1. The summed E-state index contributed by atoms with van der Waals surface area (Å²) in [5.41, 5.74) is 11.3. The lowest BCUT2D eigenvalue weighted by Crippen LogP contribution is -2.48. The third-order valence-electron chi connectivity index (χ3n) is 9.06. The Labute approximate surface area is 286 Å². The molecule has 1 atom stereocenters. The van der Waals surface area contributed by atoms with Crippen molar-refractivity contribution in [2.24, 2.45) is 17.6 Å². The van der Waals surface area contributed by atoms with Crippen LogP contribution in [0.25, 0.3) is 22.5 Å². The number of nitrogens with one attached hydrogen (secondary N) is 4. The quantitative estimate of drug-likeness (QED) is 0.126. The van der Waals surface area contributed by atoms with Crippen LogP contribution in [0.4, 0.5) is 5.69 Å². The van der Waals surface area contributed by atoms with Crippen molar-refractivity contribution in [3.63, 3.8) is 0 Å². The number of nitrogens with zero attached hydrogens (tertiary/aromatic N) is 5. The fraction of sp³-hybridized carbons (Fsp3) is 0.417. The number of aromatic nitrogens is 5. The van der Waals surface area contributed by atoms with Gasteiger partial charge in [-0.05, 0) is 124 Å². The van der Waals surface area contributed by atoms with Crippen molar-refractivity contribution in [1.82, 2.24) is 41.1 Å². The summed E-state index contributed by atoms with van der Waals surface area (Å²) < 4.78 is 0. The van der Waals surface area contributed by atoms with Gasteiger partial charge in [-0.3, -0.25) is 19.4 Å². The van der Waals surface area contributed by atoms with Crippen LogP contribution in [0.2, 0.25) is 0 Å². The molecule has 3 amide bonds. The largest absolute Gasteiger partial charge is 0.351 e. The summed E-state index contributed by atoms with van der Waals surface area (Å²) in [5.74, 6) is 0.148. The summed E-state index contributed by atoms with van der Waals surface area (Å²) in [5, 5.41) is 22.9. The van der Waals surface area contributed by atoms with Gasteiger partial charge in [0.1, 0.15) is 11.7 Å². The summed E-state index contributed by atoms with van der Waals surface area (Å²) in [6, 6.07) is 16.0. The number of aromatic amines is 1. The third-order valence-corrected chi connectivity index (χ3v) is 9.06. The maximum atomic E-state index is 13.7. The van der Waals surface area contributed by atoms with Gasteiger partial charge in [0, 0.05) is 41.9 Å². The lowest BCUT2D eigenvalue weighted by molar-refractivity contribution is -0.130. The minimum absolute atomic E-state index is 0.108. The summed E-state index contributed by atoms with van der Waals surface area (Å²) >= 11 is 0. The molecular weight excluding hydrogens is 620 g/mol. The van der Waals surface area contributed by atoms with Gasteiger partial charge in [-0.15, -0.1) is 10.2 Å². The Morgan fingerprint density at radius 3 is 2.35 bits per heavy atom. The van der Waals surface area contributed by atoms with Gasteiger partial charge in [0.2, 0.25) is 17.6 Å². The van der Waals surface area contributed by atoms with Crippen LogP contribution in [0.5, 0.6) is 0 Å². The molecule has 0 aliphatic heterocycles. The van der Waals surface area contributed by atoms with Crippen molar-refractivity contribution in [2.45, 2.75) is 51.5 Å². The summed E-state index contributed by atoms with van der Waals surface area (Å²) in [7, 11) is 4.01. The van der Waals surface area contributed by atoms with E-state index < -0.39 is 6.04 Å². The first-order chi connectivity index (χ1) is 23.7. The molecule has 6 N–H and O–H groups in total. The van der Waals surface area contributed by atoms with Crippen molar-refractivity contribution in [2.75, 3.05) is 39.0 Å². The van der Waals surface area contributed by atoms with Gasteiger partial charge in [0.05, 0.1) is 0 Å². The molecule has 49 heavy (non-hydrogen) atoms. The van der Waals surface area contributed by atoms with Gasteiger partial charge in [-0.2, -0.15) is 5.21 Å². The van der Waals surface area contributed by atoms with Crippen LogP contribution >= 0.6 is 0 Å². The first-order valence-corrected chi connectivity index (χ1v) is 16.8. The number of tetrazole rings is 1. The molecule has 258 valence electrons. The van der Waals surface area contributed by atoms with Crippen molar-refractivity contribution < 1.29 is 14.4 Å². The number of amides is 3. The van der Waals surface area contributed by atoms with Crippen LogP contribution in [0, 0.1) is 18.8 Å². The number of hydrogen-bond acceptors (Lipinski definition) is 9. The monoisotopic (exact) mass is 666 g/mol. The first-order valence-electron chi connectivity index (χ1n) is 16.8. The Morgan fingerprint density at radius 2 is 1.71 bits per heavy atom. The minimum Gasteiger partial charge on any atom is -0.351 e. The minimum atomic E-state index is -0.790. The normalized spacial score (nSPS) is 16.6. The number of hydrogen-bond donors (Lipinski definition) is 5. The number of aryl methyl sites for hydroxylation is 1. The fourth-order valence-corrected chi connectivity index (χ4v) is 6.10. The zero-order valence-electron chi connectivity index (χ0n) is 28.4. The van der Waals surface area contributed by atoms with Crippen molar-refractivity contribution >= 4 is 23.4 Å². The van der Waals surface area contributed by atoms with Crippen LogP contribution in [-0.4, -0.2) is 88.0 Å². The van der Waals surface area contributed by atoms with Crippen LogP contribution in [0.1, 0.15) is 53.7 Å². The molecule has 2 heterocycles. The molecule has 13 heteroatoms. The number of H-pyrrole nitrogens is 1. The highest BCUT2D eigenvalue weighted by Gasteiger charge is 2.29. The molecule has 0 saturated heterocycles. The van der Waals surface area contributed by atoms with Gasteiger partial charge in [-0.25, -0.2) is 0 Å². The highest BCUT2D eigenvalue weighted by atomic mass is 16.2. The van der Waals surface area contributed by atoms with Crippen molar-refractivity contribution in [3.8, 4) is 22.5 Å². The fourth-order valence-electron chi connectivity index (χ4n) is 6.10. The molecule has 13 nitrogen and oxygen atoms in total. The summed E-state index contributed by atoms with van der Waals surface area (Å²) in [4.78, 5) is 46.2. The van der Waals surface area contributed by atoms with Crippen molar-refractivity contribution in [1.29, 1.82) is 0 Å². The second kappa shape index (κ2) is 16.9. The molecule has 1 aliphatic carbocycles. The molecular formula is C36H46N10O3. The second-order valence-corrected chi connectivity index (χ2v) is 13.0. The van der Waals surface area contributed by atoms with E-state index in [0.29, 0.717) is 42.6 Å². The Morgan fingerprint density at radius 1 is 1.00 bits per heavy atom. The molecule has 1 fully saturated rings. The smallest absolute Gasteiger partial charge is 0.269 e. The molecule has 1 aliphatic rings. The van der Waals surface area contributed by atoms with E-state index >= 15 is 0 Å². The van der Waals surface area contributed by atoms with E-state index in [-0.39, 0.29) is 23.6 Å². The molecule has 1 unspecified atom stereocenters. The number of benzene rings is 2. The third kappa shape index (κ3) is 9.77. The highest BCUT2D eigenvalue weighted by molar-refractivity contribution is 5.98. The van der Waals surface area contributed by atoms with Crippen LogP contribution in [0.3, 0.4) is 0 Å². The summed E-state index contributed by atoms with van der Waals surface area (Å²) in [6.45, 7) is 4.07. The highest BCUT2D eigenvalue weighted by Crippen LogP contribution is 2.29. The van der Waals surface area contributed by atoms with E-state index in [1.54, 1.807) is 36.5 Å². The number of carbonyl (C=O) groups is 3. The lowest BCUT2D eigenvalue weighted by Gasteiger charge is -2.28. The Hall–Kier alpha value is -5.01. The van der Waals surface area contributed by atoms with E-state index in [4.69, 9.17) is 5.73 Å². The van der Waals surface area contributed by atoms with E-state index in [2.05, 4.69) is 46.5 Å². The second-order valence-electron chi connectivity index (χ2n) is 13.0.